The van der Waals surface area contributed by atoms with Crippen LogP contribution in [0.5, 0.6) is 28.7 Å². The Balaban J connectivity index is 0.000000173. The van der Waals surface area contributed by atoms with Crippen LogP contribution in [0, 0.1) is 88.7 Å². The van der Waals surface area contributed by atoms with Gasteiger partial charge in [-0.15, -0.1) is 47.2 Å². The number of aromatic nitrogens is 6. The summed E-state index contributed by atoms with van der Waals surface area (Å²) in [5.74, 6) is -1.85. The van der Waals surface area contributed by atoms with Crippen molar-refractivity contribution in [3.8, 4) is 62.9 Å². The van der Waals surface area contributed by atoms with Crippen molar-refractivity contribution < 1.29 is 81.4 Å². The molecule has 142 heavy (non-hydrogen) atoms. The van der Waals surface area contributed by atoms with Crippen molar-refractivity contribution in [2.24, 2.45) is 69.0 Å². The first-order chi connectivity index (χ1) is 67.5. The Morgan fingerprint density at radius 1 is 0.521 bits per heavy atom. The van der Waals surface area contributed by atoms with Crippen LogP contribution in [0.3, 0.4) is 0 Å². The number of ketones is 2. The summed E-state index contributed by atoms with van der Waals surface area (Å²) in [6.45, 7) is 51.8. The van der Waals surface area contributed by atoms with Gasteiger partial charge in [0.2, 0.25) is 11.8 Å². The van der Waals surface area contributed by atoms with Gasteiger partial charge in [-0.05, 0) is 176 Å². The lowest BCUT2D eigenvalue weighted by atomic mass is 9.77. The van der Waals surface area contributed by atoms with Gasteiger partial charge in [0.05, 0.1) is 107 Å². The zero-order valence-corrected chi connectivity index (χ0v) is 86.2. The Bertz CT molecular complexity index is 6570. The molecule has 6 aromatic heterocycles. The quantitative estimate of drug-likeness (QED) is 0.0104. The Morgan fingerprint density at radius 3 is 1.27 bits per heavy atom. The number of Topliss-reactive ketones (excluding diaryl/α,β-unsaturated/α-hetero) is 2. The topological polar surface area (TPSA) is 384 Å². The summed E-state index contributed by atoms with van der Waals surface area (Å²) in [5.41, 5.74) is 0.669. The number of aliphatic carboxylic acids is 1. The molecular formula is C104H117Cl3N14O18S3. The van der Waals surface area contributed by atoms with E-state index in [2.05, 4.69) is 53.6 Å². The smallest absolute Gasteiger partial charge is 0.357 e. The number of carboxylic acids is 1. The van der Waals surface area contributed by atoms with Crippen molar-refractivity contribution >= 4 is 164 Å². The molecule has 8 fully saturated rings. The molecule has 32 nitrogen and oxygen atoms in total. The molecule has 8 aliphatic rings. The second-order valence-electron chi connectivity index (χ2n) is 41.1. The highest BCUT2D eigenvalue weighted by Crippen LogP contribution is 2.60. The summed E-state index contributed by atoms with van der Waals surface area (Å²) in [7, 11) is 1.30. The van der Waals surface area contributed by atoms with E-state index in [4.69, 9.17) is 112 Å². The number of nitrogens with one attached hydrogen (secondary N) is 4. The van der Waals surface area contributed by atoms with Crippen LogP contribution in [0.25, 0.3) is 81.4 Å². The number of anilines is 3. The van der Waals surface area contributed by atoms with E-state index < -0.39 is 81.7 Å². The van der Waals surface area contributed by atoms with E-state index in [1.165, 1.54) is 69.8 Å². The minimum absolute atomic E-state index is 0.00600. The summed E-state index contributed by atoms with van der Waals surface area (Å²) in [4.78, 5) is 163. The number of pyridine rings is 3. The molecule has 9 aromatic rings. The number of esters is 3. The highest BCUT2D eigenvalue weighted by molar-refractivity contribution is 7.14. The second-order valence-corrected chi connectivity index (χ2v) is 44.8. The maximum atomic E-state index is 14.9. The highest BCUT2D eigenvalue weighted by Gasteiger charge is 2.63. The molecule has 0 bridgehead atoms. The van der Waals surface area contributed by atoms with Crippen LogP contribution < -0.4 is 45.1 Å². The summed E-state index contributed by atoms with van der Waals surface area (Å²) < 4.78 is 46.9. The molecule has 6 saturated carbocycles. The van der Waals surface area contributed by atoms with Crippen molar-refractivity contribution in [1.82, 2.24) is 39.7 Å². The van der Waals surface area contributed by atoms with E-state index in [0.29, 0.717) is 124 Å². The Hall–Kier alpha value is -12.0. The number of carbonyl (C=O) groups is 8. The first-order valence-electron chi connectivity index (χ1n) is 47.7. The number of methoxy groups -OCH3 is 1. The Morgan fingerprint density at radius 2 is 0.901 bits per heavy atom. The molecule has 2 aliphatic heterocycles. The molecule has 5 N–H and O–H groups in total. The first kappa shape index (κ1) is 104. The minimum atomic E-state index is -1.28. The number of hydrogen-bond acceptors (Lipinski definition) is 28. The van der Waals surface area contributed by atoms with Gasteiger partial charge in [0, 0.05) is 94.3 Å². The van der Waals surface area contributed by atoms with Gasteiger partial charge >= 0.3 is 44.1 Å². The third kappa shape index (κ3) is 23.5. The number of allylic oxidation sites excluding steroid dienone is 2. The molecule has 3 aromatic carbocycles. The number of amides is 2. The van der Waals surface area contributed by atoms with Gasteiger partial charge in [-0.25, -0.2) is 44.6 Å². The predicted octanol–water partition coefficient (Wildman–Crippen LogP) is 20.6. The second kappa shape index (κ2) is 43.2. The fraction of sp³-hybridized carbons (Fsp3) is 0.510. The van der Waals surface area contributed by atoms with Crippen LogP contribution in [0.15, 0.2) is 101 Å². The molecule has 4 unspecified atom stereocenters. The molecule has 2 saturated heterocycles. The number of carbonyl (C=O) groups excluding carboxylic acids is 7. The van der Waals surface area contributed by atoms with Crippen molar-refractivity contribution in [2.45, 2.75) is 228 Å². The molecule has 0 spiro atoms. The number of hydrogen-bond donors (Lipinski definition) is 5. The molecule has 0 radical (unpaired) electrons. The summed E-state index contributed by atoms with van der Waals surface area (Å²) >= 11 is 24.4. The lowest BCUT2D eigenvalue weighted by Gasteiger charge is -2.35. The molecule has 38 heteroatoms. The van der Waals surface area contributed by atoms with Gasteiger partial charge in [0.1, 0.15) is 79.6 Å². The van der Waals surface area contributed by atoms with Crippen molar-refractivity contribution in [2.75, 3.05) is 56.3 Å². The maximum Gasteiger partial charge on any atom is 0.357 e. The van der Waals surface area contributed by atoms with E-state index in [1.54, 1.807) is 60.7 Å². The Labute approximate surface area is 850 Å². The lowest BCUT2D eigenvalue weighted by molar-refractivity contribution is -0.157. The van der Waals surface area contributed by atoms with Crippen LogP contribution in [0.2, 0.25) is 15.1 Å². The van der Waals surface area contributed by atoms with E-state index >= 15 is 0 Å². The van der Waals surface area contributed by atoms with Crippen molar-refractivity contribution in [1.29, 1.82) is 0 Å². The molecule has 16 atom stereocenters. The number of fused-ring (bicyclic) bond motifs is 5. The van der Waals surface area contributed by atoms with Crippen molar-refractivity contribution in [3.05, 3.63) is 156 Å². The largest absolute Gasteiger partial charge is 0.488 e. The van der Waals surface area contributed by atoms with Gasteiger partial charge in [-0.2, -0.15) is 0 Å². The fourth-order valence-corrected chi connectivity index (χ4v) is 23.2. The number of thiazole rings is 3. The summed E-state index contributed by atoms with van der Waals surface area (Å²) in [5, 5.41) is 30.0. The number of aromatic amines is 1. The average Bonchev–Trinajstić information content (AvgIpc) is 1.57. The van der Waals surface area contributed by atoms with E-state index in [-0.39, 0.29) is 176 Å². The SMILES string of the molecule is [C-]#[N+]COc1ccc2c(=O)cc(-c3csc(NC(C)C)n3)[nH]c2c1Cl.[C-]#[N+]COc1ccc2c(O[C@@H]3CC(C(=O)C[C@]4(C(=O)O)C[C@H]4C=C)N(C(=O)[C@@H](CC(=O)OC4C[C@@H]5C[C@@H]5C4)C(C)(C)C)C3)cc(-c3csc(NC(C)C)n3)nc2c1Cl.[C-]#[N+]COc1ccc2c(O[C@@H]3CC(C(=O)C[C@]4(C(=O)OC)C[C@H]4C=C)N(C(=O)[C@@H](CC(=O)OC4C[C@@H]5C[C@@H]5C4)C(C)(C)C)C3)cc(-c3csc(NC(C)C)n3)nc2c1Cl. The molecule has 17 rings (SSSR count). The maximum absolute atomic E-state index is 14.9. The predicted molar refractivity (Wildman–Crippen MR) is 545 cm³/mol. The summed E-state index contributed by atoms with van der Waals surface area (Å²) in [6, 6.07) is 13.6. The third-order valence-corrected chi connectivity index (χ3v) is 31.1. The monoisotopic (exact) mass is 2050 g/mol. The number of nitrogens with zero attached hydrogens (tertiary/aromatic N) is 10. The average molecular weight is 2050 g/mol. The standard InChI is InChI=1S/C44H52ClN5O8S.C43H50ClN5O8S.C17H15ClN4O2S/c1-9-26-18-44(26,41(54)55-8)19-34(51)33-15-28(20-50(33)40(53)30(43(4,5)6)16-37(52)58-27-13-24-12-25(24)14-27)57-36-17-31(32-21-59-42(49-32)47-23(2)3)48-39-29(36)10-11-35(38(39)45)56-22-46-7;1-8-25-17-43(25,40(53)54)18-33(50)32-14-27(19-49(32)39(52)29(42(4,5)6)15-36(51)57-26-12-23-11-24(23)13-26)56-35-16-30(31-20-58-41(48-31)46-22(2)3)47-38-28(35)9-10-34(37(38)44)55-21-45-7;1-9(2)20-17-22-12(7-25-17)11-6-13(23)10-4-5-14(24-8-19-3)15(18)16(10)21-11/h9-11,17,21,23-28,30,33H,1,12-16,18-20,22H2,2-6,8H3,(H,47,49);8-10,16,20,22-27,29,32H,1,11-15,17-19,21H2,2-6H3,(H,46,48)(H,53,54);4-7,9H,8H2,1-2H3,(H,20,22)(H,21,23)/t24-,25+,26-,27?,28-,30-,33?,44-;23-,24+,25-,26?,27-,29-,32?,43-;/m11./s1. The highest BCUT2D eigenvalue weighted by atomic mass is 35.5. The van der Waals surface area contributed by atoms with E-state index in [1.807, 2.05) is 99.2 Å². The summed E-state index contributed by atoms with van der Waals surface area (Å²) in [6.07, 6.45) is 7.65. The number of halogens is 3. The van der Waals surface area contributed by atoms with Gasteiger partial charge in [0.15, 0.2) is 32.4 Å². The molecule has 8 heterocycles. The minimum Gasteiger partial charge on any atom is -0.488 e. The molecular weight excluding hydrogens is 1940 g/mol. The van der Waals surface area contributed by atoms with Crippen LogP contribution in [-0.2, 0) is 52.6 Å². The zero-order valence-electron chi connectivity index (χ0n) is 81.5. The van der Waals surface area contributed by atoms with Gasteiger partial charge in [-0.3, -0.25) is 57.7 Å². The van der Waals surface area contributed by atoms with Crippen molar-refractivity contribution in [3.63, 3.8) is 0 Å². The Kier molecular flexibility index (Phi) is 31.8. The van der Waals surface area contributed by atoms with Crippen LogP contribution in [0.1, 0.15) is 173 Å². The van der Waals surface area contributed by atoms with Crippen LogP contribution >= 0.6 is 68.8 Å². The molecule has 750 valence electrons. The number of likely N-dealkylation sites (tertiary alicyclic amines) is 2. The lowest BCUT2D eigenvalue weighted by Crippen LogP contribution is -2.48. The number of H-pyrrole nitrogens is 1. The number of benzene rings is 3. The normalized spacial score (nSPS) is 23.5. The number of ether oxygens (including phenoxy) is 8. The zero-order chi connectivity index (χ0) is 102. The van der Waals surface area contributed by atoms with Gasteiger partial charge in [0.25, 0.3) is 0 Å². The van der Waals surface area contributed by atoms with Crippen LogP contribution in [-0.4, -0.2) is 187 Å². The molecule has 6 aliphatic carbocycles. The van der Waals surface area contributed by atoms with E-state index in [9.17, 15) is 48.3 Å². The fourth-order valence-electron chi connectivity index (χ4n) is 19.9. The van der Waals surface area contributed by atoms with Gasteiger partial charge in [-0.1, -0.05) is 88.5 Å². The number of carboxylic acid groups (broad SMARTS) is 1. The van der Waals surface area contributed by atoms with Gasteiger partial charge < -0.3 is 73.7 Å². The molecule has 2 amide bonds. The van der Waals surface area contributed by atoms with E-state index in [0.717, 1.165) is 30.8 Å². The number of rotatable bonds is 37. The first-order valence-corrected chi connectivity index (χ1v) is 51.5. The van der Waals surface area contributed by atoms with Crippen LogP contribution in [0.4, 0.5) is 15.4 Å². The third-order valence-electron chi connectivity index (χ3n) is 27.7.